The number of nitrogens with zero attached hydrogens (tertiary/aromatic N) is 2. The molecule has 3 amide bonds. The lowest BCUT2D eigenvalue weighted by atomic mass is 10.1. The zero-order valence-electron chi connectivity index (χ0n) is 24.3. The number of aromatic nitrogens is 2. The fraction of sp³-hybridized carbons (Fsp3) is 0.241. The molecule has 0 aliphatic carbocycles. The molecule has 4 aromatic rings. The highest BCUT2D eigenvalue weighted by Crippen LogP contribution is 2.24. The topological polar surface area (TPSA) is 151 Å². The molecular formula is C29H31BrN6O5S2. The van der Waals surface area contributed by atoms with Gasteiger partial charge in [0, 0.05) is 30.0 Å². The van der Waals surface area contributed by atoms with Crippen LogP contribution in [0.3, 0.4) is 0 Å². The summed E-state index contributed by atoms with van der Waals surface area (Å²) in [6, 6.07) is 10.4. The van der Waals surface area contributed by atoms with Gasteiger partial charge in [-0.05, 0) is 79.0 Å². The Bertz CT molecular complexity index is 1640. The van der Waals surface area contributed by atoms with Gasteiger partial charge in [-0.15, -0.1) is 11.3 Å². The normalized spacial score (nSPS) is 10.3. The molecule has 0 saturated carbocycles. The molecule has 14 heteroatoms. The number of carbonyl (C=O) groups excluding carboxylic acids is 4. The van der Waals surface area contributed by atoms with Crippen molar-refractivity contribution in [2.45, 2.75) is 33.7 Å². The van der Waals surface area contributed by atoms with Crippen LogP contribution >= 0.6 is 38.6 Å². The Hall–Kier alpha value is -4.14. The van der Waals surface area contributed by atoms with Gasteiger partial charge in [0.1, 0.15) is 9.75 Å². The first-order valence-corrected chi connectivity index (χ1v) is 15.3. The molecule has 0 aliphatic rings. The smallest absolute Gasteiger partial charge is 0.337 e. The van der Waals surface area contributed by atoms with E-state index in [4.69, 9.17) is 0 Å². The molecule has 2 aromatic heterocycles. The maximum Gasteiger partial charge on any atom is 0.337 e. The standard InChI is InChI=1S/C16H20N4O2S.C13H11BrN2O3S/c1-9(2)19-16-18-8-13(23-16)15(22)20-12-7-11(14(21)17-4)6-5-10(12)3;1-7-3-4-8(12(18)19-2)5-9(7)16-11(17)10-6-15-13(14)20-10/h5-9H,1-4H3,(H,17,21)(H,18,19)(H,20,22);3-6H,1-2H3,(H,16,17). The van der Waals surface area contributed by atoms with Gasteiger partial charge < -0.3 is 26.0 Å². The van der Waals surface area contributed by atoms with Gasteiger partial charge in [-0.2, -0.15) is 0 Å². The number of aryl methyl sites for hydroxylation is 2. The van der Waals surface area contributed by atoms with Gasteiger partial charge in [-0.25, -0.2) is 14.8 Å². The average molecular weight is 688 g/mol. The van der Waals surface area contributed by atoms with Gasteiger partial charge in [0.25, 0.3) is 17.7 Å². The van der Waals surface area contributed by atoms with Gasteiger partial charge >= 0.3 is 5.97 Å². The lowest BCUT2D eigenvalue weighted by Gasteiger charge is -2.09. The second-order valence-corrected chi connectivity index (χ2v) is 12.7. The van der Waals surface area contributed by atoms with E-state index >= 15 is 0 Å². The van der Waals surface area contributed by atoms with Crippen molar-refractivity contribution in [2.24, 2.45) is 0 Å². The van der Waals surface area contributed by atoms with E-state index in [0.29, 0.717) is 41.3 Å². The van der Waals surface area contributed by atoms with E-state index in [0.717, 1.165) is 11.1 Å². The minimum Gasteiger partial charge on any atom is -0.465 e. The number of thiazole rings is 2. The summed E-state index contributed by atoms with van der Waals surface area (Å²) in [6.45, 7) is 7.74. The van der Waals surface area contributed by atoms with E-state index in [1.807, 2.05) is 27.7 Å². The summed E-state index contributed by atoms with van der Waals surface area (Å²) < 4.78 is 5.30. The van der Waals surface area contributed by atoms with Gasteiger partial charge in [-0.1, -0.05) is 23.5 Å². The van der Waals surface area contributed by atoms with Crippen molar-refractivity contribution >= 4 is 78.8 Å². The Labute approximate surface area is 265 Å². The molecule has 0 fully saturated rings. The van der Waals surface area contributed by atoms with Crippen molar-refractivity contribution < 1.29 is 23.9 Å². The molecule has 2 aromatic carbocycles. The second kappa shape index (κ2) is 15.4. The van der Waals surface area contributed by atoms with Crippen molar-refractivity contribution in [1.82, 2.24) is 15.3 Å². The molecule has 0 radical (unpaired) electrons. The van der Waals surface area contributed by atoms with Crippen LogP contribution in [0, 0.1) is 13.8 Å². The largest absolute Gasteiger partial charge is 0.465 e. The number of rotatable bonds is 8. The van der Waals surface area contributed by atoms with E-state index in [1.165, 1.54) is 36.0 Å². The van der Waals surface area contributed by atoms with Gasteiger partial charge in [0.2, 0.25) is 0 Å². The van der Waals surface area contributed by atoms with Crippen LogP contribution in [0.25, 0.3) is 0 Å². The van der Waals surface area contributed by atoms with Crippen LogP contribution < -0.4 is 21.3 Å². The molecule has 0 spiro atoms. The average Bonchev–Trinajstić information content (AvgIpc) is 3.63. The highest BCUT2D eigenvalue weighted by molar-refractivity contribution is 9.11. The quantitative estimate of drug-likeness (QED) is 0.162. The second-order valence-electron chi connectivity index (χ2n) is 9.34. The Kier molecular flexibility index (Phi) is 11.9. The Morgan fingerprint density at radius 3 is 1.86 bits per heavy atom. The van der Waals surface area contributed by atoms with Crippen molar-refractivity contribution in [3.63, 3.8) is 0 Å². The highest BCUT2D eigenvalue weighted by Gasteiger charge is 2.15. The number of ether oxygens (including phenoxy) is 1. The molecule has 43 heavy (non-hydrogen) atoms. The number of hydrogen-bond acceptors (Lipinski definition) is 10. The lowest BCUT2D eigenvalue weighted by Crippen LogP contribution is -2.18. The van der Waals surface area contributed by atoms with E-state index in [2.05, 4.69) is 51.9 Å². The summed E-state index contributed by atoms with van der Waals surface area (Å²) >= 11 is 5.74. The van der Waals surface area contributed by atoms with Crippen LogP contribution in [0.15, 0.2) is 52.7 Å². The predicted octanol–water partition coefficient (Wildman–Crippen LogP) is 6.14. The third-order valence-electron chi connectivity index (χ3n) is 5.72. The van der Waals surface area contributed by atoms with Crippen molar-refractivity contribution in [2.75, 3.05) is 30.1 Å². The van der Waals surface area contributed by atoms with Gasteiger partial charge in [0.15, 0.2) is 9.05 Å². The van der Waals surface area contributed by atoms with Crippen molar-refractivity contribution in [3.05, 3.63) is 84.7 Å². The van der Waals surface area contributed by atoms with E-state index in [-0.39, 0.29) is 23.8 Å². The maximum atomic E-state index is 12.3. The number of anilines is 3. The Balaban J connectivity index is 0.000000238. The van der Waals surface area contributed by atoms with E-state index < -0.39 is 5.97 Å². The fourth-order valence-corrected chi connectivity index (χ4v) is 5.48. The number of carbonyl (C=O) groups is 4. The monoisotopic (exact) mass is 686 g/mol. The molecule has 0 atom stereocenters. The summed E-state index contributed by atoms with van der Waals surface area (Å²) in [6.07, 6.45) is 3.03. The van der Waals surface area contributed by atoms with E-state index in [1.54, 1.807) is 49.6 Å². The van der Waals surface area contributed by atoms with Crippen molar-refractivity contribution in [1.29, 1.82) is 0 Å². The summed E-state index contributed by atoms with van der Waals surface area (Å²) in [7, 11) is 2.89. The number of benzene rings is 2. The number of nitrogens with one attached hydrogen (secondary N) is 4. The number of methoxy groups -OCH3 is 1. The Morgan fingerprint density at radius 2 is 1.35 bits per heavy atom. The molecule has 226 valence electrons. The number of amides is 3. The summed E-state index contributed by atoms with van der Waals surface area (Å²) in [4.78, 5) is 56.7. The molecule has 0 aliphatic heterocycles. The third-order valence-corrected chi connectivity index (χ3v) is 8.13. The zero-order valence-corrected chi connectivity index (χ0v) is 27.5. The lowest BCUT2D eigenvalue weighted by molar-refractivity contribution is 0.0600. The van der Waals surface area contributed by atoms with Gasteiger partial charge in [-0.3, -0.25) is 14.4 Å². The van der Waals surface area contributed by atoms with Crippen LogP contribution in [0.5, 0.6) is 0 Å². The molecule has 0 bridgehead atoms. The first-order chi connectivity index (χ1) is 20.4. The van der Waals surface area contributed by atoms with Gasteiger partial charge in [0.05, 0.1) is 25.1 Å². The van der Waals surface area contributed by atoms with Crippen LogP contribution in [0.2, 0.25) is 0 Å². The molecule has 4 rings (SSSR count). The van der Waals surface area contributed by atoms with Crippen molar-refractivity contribution in [3.8, 4) is 0 Å². The molecular weight excluding hydrogens is 656 g/mol. The van der Waals surface area contributed by atoms with E-state index in [9.17, 15) is 19.2 Å². The first-order valence-electron chi connectivity index (χ1n) is 12.9. The zero-order chi connectivity index (χ0) is 31.7. The number of esters is 1. The fourth-order valence-electron chi connectivity index (χ4n) is 3.46. The molecule has 0 saturated heterocycles. The summed E-state index contributed by atoms with van der Waals surface area (Å²) in [5.74, 6) is -1.14. The number of hydrogen-bond donors (Lipinski definition) is 4. The van der Waals surface area contributed by atoms with Crippen LogP contribution in [0.1, 0.15) is 65.0 Å². The molecule has 0 unspecified atom stereocenters. The maximum absolute atomic E-state index is 12.3. The first kappa shape index (κ1) is 33.4. The van der Waals surface area contributed by atoms with Crippen LogP contribution in [-0.2, 0) is 4.74 Å². The minimum absolute atomic E-state index is 0.193. The Morgan fingerprint density at radius 1 is 0.814 bits per heavy atom. The highest BCUT2D eigenvalue weighted by atomic mass is 79.9. The minimum atomic E-state index is -0.443. The predicted molar refractivity (Wildman–Crippen MR) is 174 cm³/mol. The molecule has 11 nitrogen and oxygen atoms in total. The van der Waals surface area contributed by atoms with Crippen LogP contribution in [-0.4, -0.2) is 53.9 Å². The summed E-state index contributed by atoms with van der Waals surface area (Å²) in [5, 5.41) is 12.0. The number of halogens is 1. The SMILES string of the molecule is CNC(=O)c1ccc(C)c(NC(=O)c2cnc(NC(C)C)s2)c1.COC(=O)c1ccc(C)c(NC(=O)c2cnc(Br)s2)c1. The van der Waals surface area contributed by atoms with Crippen LogP contribution in [0.4, 0.5) is 16.5 Å². The molecule has 2 heterocycles. The molecule has 4 N–H and O–H groups in total. The third kappa shape index (κ3) is 9.43. The summed E-state index contributed by atoms with van der Waals surface area (Å²) in [5.41, 5.74) is 3.81.